The van der Waals surface area contributed by atoms with Crippen LogP contribution >= 0.6 is 0 Å². The van der Waals surface area contributed by atoms with E-state index in [0.717, 1.165) is 18.5 Å². The summed E-state index contributed by atoms with van der Waals surface area (Å²) in [5.74, 6) is 1.05. The quantitative estimate of drug-likeness (QED) is 0.602. The van der Waals surface area contributed by atoms with E-state index >= 15 is 0 Å². The summed E-state index contributed by atoms with van der Waals surface area (Å²) in [5, 5.41) is 0. The number of hydrogen-bond donors (Lipinski definition) is 1. The van der Waals surface area contributed by atoms with Gasteiger partial charge in [0.1, 0.15) is 0 Å². The highest BCUT2D eigenvalue weighted by Gasteiger charge is 2.46. The van der Waals surface area contributed by atoms with Crippen LogP contribution in [0.2, 0.25) is 0 Å². The van der Waals surface area contributed by atoms with Gasteiger partial charge in [0, 0.05) is 18.6 Å². The number of nitrogens with zero attached hydrogens (tertiary/aromatic N) is 1. The summed E-state index contributed by atoms with van der Waals surface area (Å²) in [5.41, 5.74) is 5.71. The van der Waals surface area contributed by atoms with E-state index < -0.39 is 0 Å². The second kappa shape index (κ2) is 2.21. The van der Waals surface area contributed by atoms with Crippen molar-refractivity contribution in [2.45, 2.75) is 31.8 Å². The molecule has 2 aliphatic rings. The summed E-state index contributed by atoms with van der Waals surface area (Å²) in [6, 6.07) is 1.30. The van der Waals surface area contributed by atoms with Gasteiger partial charge in [-0.2, -0.15) is 0 Å². The van der Waals surface area contributed by atoms with Crippen LogP contribution in [0.15, 0.2) is 0 Å². The van der Waals surface area contributed by atoms with Crippen LogP contribution in [0.5, 0.6) is 0 Å². The molecule has 2 nitrogen and oxygen atoms in total. The van der Waals surface area contributed by atoms with Gasteiger partial charge in [-0.05, 0) is 32.2 Å². The highest BCUT2D eigenvalue weighted by atomic mass is 15.2. The monoisotopic (exact) mass is 140 g/mol. The van der Waals surface area contributed by atoms with Crippen LogP contribution in [0.25, 0.3) is 0 Å². The van der Waals surface area contributed by atoms with Crippen molar-refractivity contribution in [2.75, 3.05) is 13.1 Å². The van der Waals surface area contributed by atoms with E-state index in [1.165, 1.54) is 19.4 Å². The summed E-state index contributed by atoms with van der Waals surface area (Å²) in [6.45, 7) is 4.51. The molecule has 2 fully saturated rings. The van der Waals surface area contributed by atoms with Crippen molar-refractivity contribution in [2.24, 2.45) is 11.7 Å². The number of nitrogens with two attached hydrogens (primary N) is 1. The fourth-order valence-electron chi connectivity index (χ4n) is 2.08. The number of piperidine rings is 1. The highest BCUT2D eigenvalue weighted by Crippen LogP contribution is 2.44. The minimum Gasteiger partial charge on any atom is -0.327 e. The third kappa shape index (κ3) is 1.06. The van der Waals surface area contributed by atoms with Gasteiger partial charge in [-0.15, -0.1) is 0 Å². The molecule has 0 aromatic rings. The SMILES string of the molecule is CC(N)CN1CCC2CC21. The van der Waals surface area contributed by atoms with E-state index in [1.807, 2.05) is 0 Å². The Labute approximate surface area is 62.4 Å². The van der Waals surface area contributed by atoms with E-state index in [2.05, 4.69) is 11.8 Å². The van der Waals surface area contributed by atoms with Crippen molar-refractivity contribution in [3.8, 4) is 0 Å². The van der Waals surface area contributed by atoms with Crippen molar-refractivity contribution in [3.05, 3.63) is 0 Å². The summed E-state index contributed by atoms with van der Waals surface area (Å²) in [6.07, 6.45) is 2.88. The zero-order valence-electron chi connectivity index (χ0n) is 6.59. The molecule has 3 unspecified atom stereocenters. The van der Waals surface area contributed by atoms with Gasteiger partial charge in [0.15, 0.2) is 0 Å². The lowest BCUT2D eigenvalue weighted by Crippen LogP contribution is -2.35. The van der Waals surface area contributed by atoms with Crippen molar-refractivity contribution in [1.29, 1.82) is 0 Å². The van der Waals surface area contributed by atoms with Gasteiger partial charge in [-0.3, -0.25) is 4.90 Å². The Bertz CT molecular complexity index is 133. The molecule has 1 aliphatic carbocycles. The van der Waals surface area contributed by atoms with Crippen molar-refractivity contribution >= 4 is 0 Å². The van der Waals surface area contributed by atoms with Crippen molar-refractivity contribution in [3.63, 3.8) is 0 Å². The van der Waals surface area contributed by atoms with Crippen LogP contribution < -0.4 is 5.73 Å². The van der Waals surface area contributed by atoms with Crippen LogP contribution in [0.1, 0.15) is 19.8 Å². The maximum Gasteiger partial charge on any atom is 0.0139 e. The lowest BCUT2D eigenvalue weighted by Gasteiger charge is -2.19. The summed E-state index contributed by atoms with van der Waals surface area (Å²) >= 11 is 0. The lowest BCUT2D eigenvalue weighted by atomic mass is 10.3. The summed E-state index contributed by atoms with van der Waals surface area (Å²) < 4.78 is 0. The van der Waals surface area contributed by atoms with E-state index in [0.29, 0.717) is 6.04 Å². The van der Waals surface area contributed by atoms with Gasteiger partial charge < -0.3 is 5.73 Å². The fraction of sp³-hybridized carbons (Fsp3) is 1.00. The largest absolute Gasteiger partial charge is 0.327 e. The first-order valence-electron chi connectivity index (χ1n) is 4.27. The Kier molecular flexibility index (Phi) is 1.46. The molecule has 0 amide bonds. The van der Waals surface area contributed by atoms with Gasteiger partial charge in [-0.25, -0.2) is 0 Å². The maximum absolute atomic E-state index is 5.71. The number of likely N-dealkylation sites (tertiary alicyclic amines) is 1. The highest BCUT2D eigenvalue weighted by molar-refractivity contribution is 5.01. The topological polar surface area (TPSA) is 29.3 Å². The first kappa shape index (κ1) is 6.62. The molecule has 3 atom stereocenters. The smallest absolute Gasteiger partial charge is 0.0139 e. The predicted molar refractivity (Wildman–Crippen MR) is 41.7 cm³/mol. The fourth-order valence-corrected chi connectivity index (χ4v) is 2.08. The number of hydrogen-bond acceptors (Lipinski definition) is 2. The molecular weight excluding hydrogens is 124 g/mol. The number of fused-ring (bicyclic) bond motifs is 1. The Hall–Kier alpha value is -0.0800. The van der Waals surface area contributed by atoms with E-state index in [4.69, 9.17) is 5.73 Å². The molecule has 0 aromatic carbocycles. The van der Waals surface area contributed by atoms with Gasteiger partial charge in [0.05, 0.1) is 0 Å². The Morgan fingerprint density at radius 1 is 1.70 bits per heavy atom. The minimum absolute atomic E-state index is 0.361. The zero-order chi connectivity index (χ0) is 7.14. The first-order chi connectivity index (χ1) is 4.77. The standard InChI is InChI=1S/C8H16N2/c1-6(9)5-10-3-2-7-4-8(7)10/h6-8H,2-5,9H2,1H3. The van der Waals surface area contributed by atoms with Crippen LogP contribution in [0.4, 0.5) is 0 Å². The molecule has 58 valence electrons. The third-order valence-electron chi connectivity index (χ3n) is 2.66. The van der Waals surface area contributed by atoms with Gasteiger partial charge in [-0.1, -0.05) is 0 Å². The van der Waals surface area contributed by atoms with E-state index in [9.17, 15) is 0 Å². The second-order valence-corrected chi connectivity index (χ2v) is 3.82. The van der Waals surface area contributed by atoms with Gasteiger partial charge in [0.25, 0.3) is 0 Å². The molecule has 0 bridgehead atoms. The molecule has 0 aromatic heterocycles. The van der Waals surface area contributed by atoms with Crippen LogP contribution in [0, 0.1) is 5.92 Å². The summed E-state index contributed by atoms with van der Waals surface area (Å²) in [7, 11) is 0. The van der Waals surface area contributed by atoms with Gasteiger partial charge in [0.2, 0.25) is 0 Å². The van der Waals surface area contributed by atoms with Gasteiger partial charge >= 0.3 is 0 Å². The second-order valence-electron chi connectivity index (χ2n) is 3.82. The molecule has 2 N–H and O–H groups in total. The maximum atomic E-state index is 5.71. The van der Waals surface area contributed by atoms with Crippen molar-refractivity contribution in [1.82, 2.24) is 4.90 Å². The average molecular weight is 140 g/mol. The Balaban J connectivity index is 1.82. The lowest BCUT2D eigenvalue weighted by molar-refractivity contribution is 0.285. The zero-order valence-corrected chi connectivity index (χ0v) is 6.59. The Morgan fingerprint density at radius 3 is 2.90 bits per heavy atom. The number of rotatable bonds is 2. The summed E-state index contributed by atoms with van der Waals surface area (Å²) in [4.78, 5) is 2.55. The molecule has 1 heterocycles. The first-order valence-corrected chi connectivity index (χ1v) is 4.27. The Morgan fingerprint density at radius 2 is 2.50 bits per heavy atom. The minimum atomic E-state index is 0.361. The molecule has 0 radical (unpaired) electrons. The molecule has 1 aliphatic heterocycles. The molecule has 0 spiro atoms. The molecule has 2 rings (SSSR count). The average Bonchev–Trinajstić information content (AvgIpc) is 2.52. The third-order valence-corrected chi connectivity index (χ3v) is 2.66. The molecule has 2 heteroatoms. The van der Waals surface area contributed by atoms with Crippen molar-refractivity contribution < 1.29 is 0 Å². The van der Waals surface area contributed by atoms with E-state index in [-0.39, 0.29) is 0 Å². The van der Waals surface area contributed by atoms with Crippen LogP contribution in [-0.2, 0) is 0 Å². The molecule has 1 saturated heterocycles. The normalized spacial score (nSPS) is 41.4. The molecule has 1 saturated carbocycles. The van der Waals surface area contributed by atoms with Crippen LogP contribution in [0.3, 0.4) is 0 Å². The predicted octanol–water partition coefficient (Wildman–Crippen LogP) is 0.428. The molecule has 10 heavy (non-hydrogen) atoms. The van der Waals surface area contributed by atoms with E-state index in [1.54, 1.807) is 0 Å². The van der Waals surface area contributed by atoms with Crippen LogP contribution in [-0.4, -0.2) is 30.1 Å². The molecular formula is C8H16N2.